The van der Waals surface area contributed by atoms with E-state index in [0.29, 0.717) is 22.8 Å². The summed E-state index contributed by atoms with van der Waals surface area (Å²) in [5, 5.41) is 3.51. The monoisotopic (exact) mass is 361 g/mol. The standard InChI is InChI=1S/C19H20ClNO2S/c1-2-3-7-19(23)21-16-5-4-6-17(12-16)24-13-18(22)14-8-10-15(20)11-9-14/h4-6,8-12H,2-3,7,13H2,1H3,(H,21,23). The van der Waals surface area contributed by atoms with Gasteiger partial charge in [-0.15, -0.1) is 11.8 Å². The fourth-order valence-corrected chi connectivity index (χ4v) is 3.07. The van der Waals surface area contributed by atoms with Crippen molar-refractivity contribution in [2.24, 2.45) is 0 Å². The van der Waals surface area contributed by atoms with Crippen molar-refractivity contribution in [1.82, 2.24) is 0 Å². The van der Waals surface area contributed by atoms with Crippen LogP contribution in [0.1, 0.15) is 36.5 Å². The minimum atomic E-state index is 0.0243. The molecular weight excluding hydrogens is 342 g/mol. The molecule has 2 aromatic carbocycles. The van der Waals surface area contributed by atoms with E-state index in [1.54, 1.807) is 24.3 Å². The number of carbonyl (C=O) groups excluding carboxylic acids is 2. The van der Waals surface area contributed by atoms with Gasteiger partial charge in [0.05, 0.1) is 5.75 Å². The van der Waals surface area contributed by atoms with Gasteiger partial charge in [0.15, 0.2) is 5.78 Å². The molecule has 2 aromatic rings. The molecule has 2 rings (SSSR count). The molecule has 126 valence electrons. The van der Waals surface area contributed by atoms with Crippen molar-refractivity contribution in [3.8, 4) is 0 Å². The van der Waals surface area contributed by atoms with E-state index in [0.717, 1.165) is 23.4 Å². The third kappa shape index (κ3) is 6.02. The van der Waals surface area contributed by atoms with Crippen LogP contribution in [0.4, 0.5) is 5.69 Å². The first-order chi connectivity index (χ1) is 11.6. The highest BCUT2D eigenvalue weighted by molar-refractivity contribution is 8.00. The molecule has 0 saturated carbocycles. The predicted molar refractivity (Wildman–Crippen MR) is 101 cm³/mol. The topological polar surface area (TPSA) is 46.2 Å². The Hall–Kier alpha value is -1.78. The molecule has 5 heteroatoms. The second-order valence-corrected chi connectivity index (χ2v) is 6.88. The van der Waals surface area contributed by atoms with Crippen molar-refractivity contribution < 1.29 is 9.59 Å². The van der Waals surface area contributed by atoms with E-state index in [-0.39, 0.29) is 11.7 Å². The van der Waals surface area contributed by atoms with Gasteiger partial charge < -0.3 is 5.32 Å². The SMILES string of the molecule is CCCCC(=O)Nc1cccc(SCC(=O)c2ccc(Cl)cc2)c1. The van der Waals surface area contributed by atoms with Crippen LogP contribution in [0.15, 0.2) is 53.4 Å². The number of unbranched alkanes of at least 4 members (excludes halogenated alkanes) is 1. The van der Waals surface area contributed by atoms with E-state index in [1.807, 2.05) is 24.3 Å². The van der Waals surface area contributed by atoms with Crippen LogP contribution in [0.2, 0.25) is 5.02 Å². The average molecular weight is 362 g/mol. The zero-order chi connectivity index (χ0) is 17.4. The van der Waals surface area contributed by atoms with Crippen LogP contribution in [-0.4, -0.2) is 17.4 Å². The molecular formula is C19H20ClNO2S. The van der Waals surface area contributed by atoms with Gasteiger partial charge in [-0.25, -0.2) is 0 Å². The Bertz CT molecular complexity index is 701. The van der Waals surface area contributed by atoms with E-state index >= 15 is 0 Å². The van der Waals surface area contributed by atoms with Gasteiger partial charge in [-0.1, -0.05) is 31.0 Å². The highest BCUT2D eigenvalue weighted by atomic mass is 35.5. The maximum atomic E-state index is 12.2. The summed E-state index contributed by atoms with van der Waals surface area (Å²) in [5.74, 6) is 0.416. The van der Waals surface area contributed by atoms with E-state index in [2.05, 4.69) is 12.2 Å². The summed E-state index contributed by atoms with van der Waals surface area (Å²) >= 11 is 7.28. The lowest BCUT2D eigenvalue weighted by atomic mass is 10.1. The van der Waals surface area contributed by atoms with Crippen LogP contribution in [-0.2, 0) is 4.79 Å². The van der Waals surface area contributed by atoms with Gasteiger partial charge in [0.1, 0.15) is 0 Å². The number of ketones is 1. The molecule has 0 unspecified atom stereocenters. The Morgan fingerprint density at radius 1 is 1.12 bits per heavy atom. The Labute approximate surface area is 151 Å². The lowest BCUT2D eigenvalue weighted by molar-refractivity contribution is -0.116. The number of halogens is 1. The fraction of sp³-hybridized carbons (Fsp3) is 0.263. The average Bonchev–Trinajstić information content (AvgIpc) is 2.59. The molecule has 1 amide bonds. The molecule has 24 heavy (non-hydrogen) atoms. The van der Waals surface area contributed by atoms with Crippen LogP contribution in [0, 0.1) is 0 Å². The summed E-state index contributed by atoms with van der Waals surface area (Å²) in [5.41, 5.74) is 1.41. The molecule has 0 radical (unpaired) electrons. The summed E-state index contributed by atoms with van der Waals surface area (Å²) in [6.45, 7) is 2.06. The molecule has 0 bridgehead atoms. The summed E-state index contributed by atoms with van der Waals surface area (Å²) < 4.78 is 0. The Balaban J connectivity index is 1.90. The lowest BCUT2D eigenvalue weighted by Crippen LogP contribution is -2.10. The highest BCUT2D eigenvalue weighted by Crippen LogP contribution is 2.23. The van der Waals surface area contributed by atoms with Crippen LogP contribution in [0.25, 0.3) is 0 Å². The molecule has 0 atom stereocenters. The van der Waals surface area contributed by atoms with Crippen LogP contribution >= 0.6 is 23.4 Å². The van der Waals surface area contributed by atoms with Gasteiger partial charge in [-0.05, 0) is 48.9 Å². The molecule has 0 aliphatic carbocycles. The number of Topliss-reactive ketones (excluding diaryl/α,β-unsaturated/α-hetero) is 1. The number of thioether (sulfide) groups is 1. The smallest absolute Gasteiger partial charge is 0.224 e. The summed E-state index contributed by atoms with van der Waals surface area (Å²) in [6, 6.07) is 14.5. The Morgan fingerprint density at radius 2 is 1.88 bits per heavy atom. The van der Waals surface area contributed by atoms with Gasteiger partial charge in [-0.3, -0.25) is 9.59 Å². The maximum Gasteiger partial charge on any atom is 0.224 e. The first kappa shape index (κ1) is 18.6. The number of amides is 1. The molecule has 0 saturated heterocycles. The predicted octanol–water partition coefficient (Wildman–Crippen LogP) is 5.44. The number of hydrogen-bond donors (Lipinski definition) is 1. The Morgan fingerprint density at radius 3 is 2.58 bits per heavy atom. The maximum absolute atomic E-state index is 12.2. The summed E-state index contributed by atoms with van der Waals surface area (Å²) in [7, 11) is 0. The quantitative estimate of drug-likeness (QED) is 0.502. The first-order valence-electron chi connectivity index (χ1n) is 7.90. The minimum Gasteiger partial charge on any atom is -0.326 e. The van der Waals surface area contributed by atoms with Crippen molar-refractivity contribution in [2.75, 3.05) is 11.1 Å². The number of benzene rings is 2. The summed E-state index contributed by atoms with van der Waals surface area (Å²) in [6.07, 6.45) is 2.41. The van der Waals surface area contributed by atoms with Crippen molar-refractivity contribution in [3.05, 3.63) is 59.1 Å². The number of rotatable bonds is 8. The van der Waals surface area contributed by atoms with Crippen molar-refractivity contribution in [2.45, 2.75) is 31.1 Å². The van der Waals surface area contributed by atoms with E-state index in [1.165, 1.54) is 11.8 Å². The number of hydrogen-bond acceptors (Lipinski definition) is 3. The van der Waals surface area contributed by atoms with E-state index in [4.69, 9.17) is 11.6 Å². The minimum absolute atomic E-state index is 0.0243. The van der Waals surface area contributed by atoms with Crippen LogP contribution in [0.3, 0.4) is 0 Å². The van der Waals surface area contributed by atoms with Crippen molar-refractivity contribution in [3.63, 3.8) is 0 Å². The van der Waals surface area contributed by atoms with E-state index < -0.39 is 0 Å². The Kier molecular flexibility index (Phi) is 7.35. The third-order valence-electron chi connectivity index (χ3n) is 3.41. The molecule has 3 nitrogen and oxygen atoms in total. The molecule has 0 spiro atoms. The number of anilines is 1. The van der Waals surface area contributed by atoms with Gasteiger partial charge in [0, 0.05) is 27.6 Å². The van der Waals surface area contributed by atoms with Gasteiger partial charge in [-0.2, -0.15) is 0 Å². The second kappa shape index (κ2) is 9.50. The number of nitrogens with one attached hydrogen (secondary N) is 1. The summed E-state index contributed by atoms with van der Waals surface area (Å²) in [4.78, 5) is 24.9. The largest absolute Gasteiger partial charge is 0.326 e. The van der Waals surface area contributed by atoms with Crippen molar-refractivity contribution in [1.29, 1.82) is 0 Å². The fourth-order valence-electron chi connectivity index (χ4n) is 2.09. The van der Waals surface area contributed by atoms with Gasteiger partial charge in [0.25, 0.3) is 0 Å². The van der Waals surface area contributed by atoms with Gasteiger partial charge >= 0.3 is 0 Å². The second-order valence-electron chi connectivity index (χ2n) is 5.40. The van der Waals surface area contributed by atoms with Gasteiger partial charge in [0.2, 0.25) is 5.91 Å². The lowest BCUT2D eigenvalue weighted by Gasteiger charge is -2.07. The molecule has 0 fully saturated rings. The van der Waals surface area contributed by atoms with E-state index in [9.17, 15) is 9.59 Å². The number of carbonyl (C=O) groups is 2. The zero-order valence-electron chi connectivity index (χ0n) is 13.5. The van der Waals surface area contributed by atoms with Crippen LogP contribution in [0.5, 0.6) is 0 Å². The molecule has 0 aliphatic rings. The van der Waals surface area contributed by atoms with Crippen LogP contribution < -0.4 is 5.32 Å². The molecule has 1 N–H and O–H groups in total. The first-order valence-corrected chi connectivity index (χ1v) is 9.26. The molecule has 0 aliphatic heterocycles. The normalized spacial score (nSPS) is 10.4. The van der Waals surface area contributed by atoms with Crippen molar-refractivity contribution >= 4 is 40.7 Å². The zero-order valence-corrected chi connectivity index (χ0v) is 15.1. The molecule has 0 heterocycles. The highest BCUT2D eigenvalue weighted by Gasteiger charge is 2.08. The third-order valence-corrected chi connectivity index (χ3v) is 4.66. The molecule has 0 aromatic heterocycles.